The van der Waals surface area contributed by atoms with Crippen LogP contribution in [0.25, 0.3) is 0 Å². The van der Waals surface area contributed by atoms with Gasteiger partial charge in [0.05, 0.1) is 6.54 Å². The third-order valence-corrected chi connectivity index (χ3v) is 3.52. The van der Waals surface area contributed by atoms with Crippen molar-refractivity contribution in [2.75, 3.05) is 6.54 Å². The zero-order chi connectivity index (χ0) is 12.5. The molecular weight excluding hydrogens is 248 g/mol. The molecule has 2 aromatic rings. The lowest BCUT2D eigenvalue weighted by Crippen LogP contribution is -2.37. The van der Waals surface area contributed by atoms with Gasteiger partial charge in [-0.3, -0.25) is 4.79 Å². The molecule has 2 heterocycles. The van der Waals surface area contributed by atoms with Crippen LogP contribution in [0, 0.1) is 0 Å². The van der Waals surface area contributed by atoms with Crippen molar-refractivity contribution < 1.29 is 4.79 Å². The van der Waals surface area contributed by atoms with Crippen LogP contribution in [0.4, 0.5) is 0 Å². The number of rotatable bonds is 1. The second kappa shape index (κ2) is 4.50. The smallest absolute Gasteiger partial charge is 0.254 e. The van der Waals surface area contributed by atoms with Gasteiger partial charge in [0, 0.05) is 35.6 Å². The number of hydrogen-bond acceptors (Lipinski definition) is 1. The van der Waals surface area contributed by atoms with Gasteiger partial charge < -0.3 is 9.47 Å². The van der Waals surface area contributed by atoms with Crippen LogP contribution in [-0.2, 0) is 13.1 Å². The van der Waals surface area contributed by atoms with Crippen molar-refractivity contribution in [3.63, 3.8) is 0 Å². The van der Waals surface area contributed by atoms with E-state index in [2.05, 4.69) is 16.8 Å². The molecule has 0 unspecified atom stereocenters. The topological polar surface area (TPSA) is 25.2 Å². The van der Waals surface area contributed by atoms with Crippen LogP contribution in [0.5, 0.6) is 0 Å². The first-order valence-corrected chi connectivity index (χ1v) is 6.31. The lowest BCUT2D eigenvalue weighted by molar-refractivity contribution is 0.0711. The number of carbonyl (C=O) groups excluding carboxylic acids is 1. The maximum absolute atomic E-state index is 12.3. The van der Waals surface area contributed by atoms with Crippen LogP contribution in [0.3, 0.4) is 0 Å². The monoisotopic (exact) mass is 260 g/mol. The Morgan fingerprint density at radius 2 is 1.89 bits per heavy atom. The number of carbonyl (C=O) groups is 1. The summed E-state index contributed by atoms with van der Waals surface area (Å²) in [6.45, 7) is 2.29. The van der Waals surface area contributed by atoms with E-state index < -0.39 is 0 Å². The first kappa shape index (κ1) is 11.4. The SMILES string of the molecule is O=C(c1ccc(Cl)cc1)N1CCn2cccc2C1. The Balaban J connectivity index is 1.80. The Kier molecular flexibility index (Phi) is 2.84. The maximum Gasteiger partial charge on any atom is 0.254 e. The molecule has 0 radical (unpaired) electrons. The number of nitrogens with zero attached hydrogens (tertiary/aromatic N) is 2. The fourth-order valence-electron chi connectivity index (χ4n) is 2.26. The number of aromatic nitrogens is 1. The first-order valence-electron chi connectivity index (χ1n) is 5.93. The summed E-state index contributed by atoms with van der Waals surface area (Å²) in [6, 6.07) is 11.1. The highest BCUT2D eigenvalue weighted by molar-refractivity contribution is 6.30. The van der Waals surface area contributed by atoms with Gasteiger partial charge in [0.15, 0.2) is 0 Å². The molecule has 1 aliphatic heterocycles. The summed E-state index contributed by atoms with van der Waals surface area (Å²) in [7, 11) is 0. The summed E-state index contributed by atoms with van der Waals surface area (Å²) in [5.74, 6) is 0.0686. The third kappa shape index (κ3) is 2.02. The molecule has 0 aliphatic carbocycles. The minimum absolute atomic E-state index is 0.0686. The quantitative estimate of drug-likeness (QED) is 0.774. The van der Waals surface area contributed by atoms with Crippen LogP contribution in [0.1, 0.15) is 16.1 Å². The number of hydrogen-bond donors (Lipinski definition) is 0. The maximum atomic E-state index is 12.3. The van der Waals surface area contributed by atoms with Crippen LogP contribution >= 0.6 is 11.6 Å². The zero-order valence-electron chi connectivity index (χ0n) is 9.84. The summed E-state index contributed by atoms with van der Waals surface area (Å²) in [6.07, 6.45) is 2.05. The molecule has 1 amide bonds. The Hall–Kier alpha value is -1.74. The van der Waals surface area contributed by atoms with Crippen molar-refractivity contribution in [2.24, 2.45) is 0 Å². The van der Waals surface area contributed by atoms with Crippen LogP contribution < -0.4 is 0 Å². The number of amides is 1. The molecule has 0 saturated carbocycles. The van der Waals surface area contributed by atoms with Gasteiger partial charge in [0.25, 0.3) is 5.91 Å². The van der Waals surface area contributed by atoms with Crippen LogP contribution in [0.15, 0.2) is 42.6 Å². The second-order valence-corrected chi connectivity index (χ2v) is 4.86. The van der Waals surface area contributed by atoms with Crippen molar-refractivity contribution in [2.45, 2.75) is 13.1 Å². The van der Waals surface area contributed by atoms with Crippen molar-refractivity contribution in [1.29, 1.82) is 0 Å². The van der Waals surface area contributed by atoms with E-state index in [9.17, 15) is 4.79 Å². The second-order valence-electron chi connectivity index (χ2n) is 4.43. The van der Waals surface area contributed by atoms with E-state index in [1.54, 1.807) is 24.3 Å². The van der Waals surface area contributed by atoms with Gasteiger partial charge in [-0.2, -0.15) is 0 Å². The number of fused-ring (bicyclic) bond motifs is 1. The average Bonchev–Trinajstić information content (AvgIpc) is 2.86. The minimum atomic E-state index is 0.0686. The summed E-state index contributed by atoms with van der Waals surface area (Å²) in [5, 5.41) is 0.652. The molecule has 4 heteroatoms. The van der Waals surface area contributed by atoms with E-state index in [0.717, 1.165) is 13.1 Å². The third-order valence-electron chi connectivity index (χ3n) is 3.27. The average molecular weight is 261 g/mol. The van der Waals surface area contributed by atoms with Crippen molar-refractivity contribution in [1.82, 2.24) is 9.47 Å². The first-order chi connectivity index (χ1) is 8.74. The van der Waals surface area contributed by atoms with E-state index in [1.165, 1.54) is 5.69 Å². The highest BCUT2D eigenvalue weighted by Gasteiger charge is 2.20. The van der Waals surface area contributed by atoms with E-state index >= 15 is 0 Å². The summed E-state index contributed by atoms with van der Waals surface area (Å²) in [4.78, 5) is 14.2. The van der Waals surface area contributed by atoms with E-state index in [1.807, 2.05) is 11.0 Å². The molecule has 0 atom stereocenters. The van der Waals surface area contributed by atoms with Gasteiger partial charge in [-0.15, -0.1) is 0 Å². The van der Waals surface area contributed by atoms with Gasteiger partial charge in [-0.25, -0.2) is 0 Å². The predicted molar refractivity (Wildman–Crippen MR) is 70.6 cm³/mol. The molecule has 92 valence electrons. The lowest BCUT2D eigenvalue weighted by atomic mass is 10.2. The molecule has 1 aromatic heterocycles. The van der Waals surface area contributed by atoms with E-state index in [4.69, 9.17) is 11.6 Å². The van der Waals surface area contributed by atoms with Gasteiger partial charge in [-0.1, -0.05) is 11.6 Å². The van der Waals surface area contributed by atoms with E-state index in [-0.39, 0.29) is 5.91 Å². The molecule has 0 saturated heterocycles. The molecule has 1 aliphatic rings. The molecule has 0 bridgehead atoms. The Bertz CT molecular complexity index is 574. The van der Waals surface area contributed by atoms with Gasteiger partial charge in [-0.05, 0) is 36.4 Å². The van der Waals surface area contributed by atoms with Crippen molar-refractivity contribution in [3.05, 3.63) is 58.9 Å². The Morgan fingerprint density at radius 1 is 1.11 bits per heavy atom. The normalized spacial score (nSPS) is 14.4. The summed E-state index contributed by atoms with van der Waals surface area (Å²) >= 11 is 5.83. The van der Waals surface area contributed by atoms with Crippen LogP contribution in [0.2, 0.25) is 5.02 Å². The highest BCUT2D eigenvalue weighted by atomic mass is 35.5. The number of benzene rings is 1. The molecule has 0 N–H and O–H groups in total. The fourth-order valence-corrected chi connectivity index (χ4v) is 2.39. The Morgan fingerprint density at radius 3 is 2.67 bits per heavy atom. The molecule has 0 spiro atoms. The fraction of sp³-hybridized carbons (Fsp3) is 0.214. The standard InChI is InChI=1S/C14H13ClN2O/c15-12-5-3-11(4-6-12)14(18)17-9-8-16-7-1-2-13(16)10-17/h1-7H,8-10H2. The Labute approximate surface area is 111 Å². The predicted octanol–water partition coefficient (Wildman–Crippen LogP) is 2.80. The highest BCUT2D eigenvalue weighted by Crippen LogP contribution is 2.17. The van der Waals surface area contributed by atoms with E-state index in [0.29, 0.717) is 17.1 Å². The summed E-state index contributed by atoms with van der Waals surface area (Å²) in [5.41, 5.74) is 1.88. The van der Waals surface area contributed by atoms with Crippen molar-refractivity contribution in [3.8, 4) is 0 Å². The largest absolute Gasteiger partial charge is 0.348 e. The molecular formula is C14H13ClN2O. The summed E-state index contributed by atoms with van der Waals surface area (Å²) < 4.78 is 2.19. The number of halogens is 1. The van der Waals surface area contributed by atoms with Crippen LogP contribution in [-0.4, -0.2) is 21.9 Å². The van der Waals surface area contributed by atoms with Gasteiger partial charge in [0.2, 0.25) is 0 Å². The molecule has 0 fully saturated rings. The molecule has 3 rings (SSSR count). The molecule has 1 aromatic carbocycles. The van der Waals surface area contributed by atoms with Gasteiger partial charge >= 0.3 is 0 Å². The zero-order valence-corrected chi connectivity index (χ0v) is 10.6. The van der Waals surface area contributed by atoms with Crippen molar-refractivity contribution >= 4 is 17.5 Å². The molecule has 18 heavy (non-hydrogen) atoms. The molecule has 3 nitrogen and oxygen atoms in total. The lowest BCUT2D eigenvalue weighted by Gasteiger charge is -2.28. The minimum Gasteiger partial charge on any atom is -0.348 e. The van der Waals surface area contributed by atoms with Gasteiger partial charge in [0.1, 0.15) is 0 Å².